The van der Waals surface area contributed by atoms with Gasteiger partial charge in [-0.1, -0.05) is 6.92 Å². The summed E-state index contributed by atoms with van der Waals surface area (Å²) in [6, 6.07) is 0. The van der Waals surface area contributed by atoms with Crippen LogP contribution in [0.3, 0.4) is 0 Å². The Bertz CT molecular complexity index is 1570. The molecule has 60 heavy (non-hydrogen) atoms. The number of hydrogen-bond donors (Lipinski definition) is 11. The van der Waals surface area contributed by atoms with E-state index in [1.54, 1.807) is 13.0 Å². The van der Waals surface area contributed by atoms with E-state index in [0.717, 1.165) is 12.0 Å². The summed E-state index contributed by atoms with van der Waals surface area (Å²) in [5, 5.41) is 120. The van der Waals surface area contributed by atoms with Crippen LogP contribution in [0.5, 0.6) is 0 Å². The number of esters is 1. The van der Waals surface area contributed by atoms with Crippen LogP contribution >= 0.6 is 0 Å². The van der Waals surface area contributed by atoms with Crippen LogP contribution in [0.4, 0.5) is 0 Å². The number of rotatable bonds is 10. The number of aliphatic hydroxyl groups is 11. The van der Waals surface area contributed by atoms with Crippen molar-refractivity contribution in [2.45, 2.75) is 181 Å². The molecule has 19 heteroatoms. The molecule has 11 N–H and O–H groups in total. The normalized spacial score (nSPS) is 54.4. The molecule has 0 aromatic carbocycles. The van der Waals surface area contributed by atoms with Crippen molar-refractivity contribution < 1.29 is 94.1 Å². The zero-order valence-electron chi connectivity index (χ0n) is 34.1. The molecule has 4 heterocycles. The zero-order chi connectivity index (χ0) is 43.1. The number of ether oxygens (including phenoxy) is 7. The first-order valence-corrected chi connectivity index (χ1v) is 21.6. The van der Waals surface area contributed by atoms with Gasteiger partial charge in [0.05, 0.1) is 49.3 Å². The number of carbonyl (C=O) groups excluding carboxylic acids is 1. The van der Waals surface area contributed by atoms with E-state index < -0.39 is 127 Å². The Balaban J connectivity index is 0.875. The van der Waals surface area contributed by atoms with Crippen LogP contribution in [0.2, 0.25) is 0 Å². The van der Waals surface area contributed by atoms with Gasteiger partial charge in [-0.05, 0) is 81.6 Å². The smallest absolute Gasteiger partial charge is 0.331 e. The molecule has 4 aliphatic heterocycles. The van der Waals surface area contributed by atoms with Gasteiger partial charge in [-0.25, -0.2) is 4.79 Å². The fraction of sp³-hybridized carbons (Fsp3) is 0.927. The van der Waals surface area contributed by atoms with Crippen LogP contribution in [0, 0.1) is 28.6 Å². The van der Waals surface area contributed by atoms with Crippen molar-refractivity contribution in [3.05, 3.63) is 11.6 Å². The minimum atomic E-state index is -1.82. The van der Waals surface area contributed by atoms with E-state index >= 15 is 0 Å². The minimum Gasteiger partial charge on any atom is -0.458 e. The average molecular weight is 861 g/mol. The van der Waals surface area contributed by atoms with E-state index in [0.29, 0.717) is 44.9 Å². The molecule has 8 rings (SSSR count). The second-order valence-electron chi connectivity index (χ2n) is 19.1. The van der Waals surface area contributed by atoms with Gasteiger partial charge in [-0.2, -0.15) is 0 Å². The maximum absolute atomic E-state index is 12.6. The third-order valence-electron chi connectivity index (χ3n) is 16.3. The molecule has 22 atom stereocenters. The molecule has 0 bridgehead atoms. The Hall–Kier alpha value is -1.47. The van der Waals surface area contributed by atoms with E-state index in [4.69, 9.17) is 33.2 Å². The highest BCUT2D eigenvalue weighted by Crippen LogP contribution is 2.70. The molecular formula is C41H64O19. The van der Waals surface area contributed by atoms with Gasteiger partial charge in [0.15, 0.2) is 18.9 Å². The van der Waals surface area contributed by atoms with Crippen molar-refractivity contribution in [3.63, 3.8) is 0 Å². The Morgan fingerprint density at radius 2 is 1.40 bits per heavy atom. The molecule has 4 saturated carbocycles. The number of cyclic esters (lactones) is 1. The second kappa shape index (κ2) is 16.8. The summed E-state index contributed by atoms with van der Waals surface area (Å²) in [6.07, 6.45) is -14.5. The molecule has 19 nitrogen and oxygen atoms in total. The third-order valence-corrected chi connectivity index (χ3v) is 16.3. The van der Waals surface area contributed by atoms with E-state index in [1.807, 2.05) is 0 Å². The molecule has 0 aromatic rings. The van der Waals surface area contributed by atoms with Gasteiger partial charge in [-0.3, -0.25) is 0 Å². The van der Waals surface area contributed by atoms with Crippen LogP contribution in [0.25, 0.3) is 0 Å². The van der Waals surface area contributed by atoms with Gasteiger partial charge in [0, 0.05) is 29.7 Å². The lowest BCUT2D eigenvalue weighted by molar-refractivity contribution is -0.373. The molecule has 7 fully saturated rings. The Morgan fingerprint density at radius 1 is 0.733 bits per heavy atom. The summed E-state index contributed by atoms with van der Waals surface area (Å²) in [5.74, 6) is -0.591. The van der Waals surface area contributed by atoms with Crippen molar-refractivity contribution in [2.24, 2.45) is 28.6 Å². The third kappa shape index (κ3) is 7.21. The number of aliphatic hydroxyl groups excluding tert-OH is 9. The molecule has 0 spiro atoms. The summed E-state index contributed by atoms with van der Waals surface area (Å²) >= 11 is 0. The van der Waals surface area contributed by atoms with Gasteiger partial charge in [0.25, 0.3) is 0 Å². The van der Waals surface area contributed by atoms with Crippen LogP contribution < -0.4 is 0 Å². The first-order valence-electron chi connectivity index (χ1n) is 21.6. The molecule has 342 valence electrons. The highest BCUT2D eigenvalue weighted by Gasteiger charge is 2.71. The van der Waals surface area contributed by atoms with E-state index in [2.05, 4.69) is 6.92 Å². The lowest BCUT2D eigenvalue weighted by atomic mass is 9.41. The summed E-state index contributed by atoms with van der Waals surface area (Å²) in [5.41, 5.74) is -2.69. The summed E-state index contributed by atoms with van der Waals surface area (Å²) < 4.78 is 40.5. The Kier molecular flexibility index (Phi) is 12.7. The lowest BCUT2D eigenvalue weighted by Gasteiger charge is -2.66. The Morgan fingerprint density at radius 3 is 2.05 bits per heavy atom. The monoisotopic (exact) mass is 860 g/mol. The van der Waals surface area contributed by atoms with Crippen LogP contribution in [-0.4, -0.2) is 192 Å². The van der Waals surface area contributed by atoms with Crippen molar-refractivity contribution in [3.8, 4) is 0 Å². The van der Waals surface area contributed by atoms with Crippen LogP contribution in [-0.2, 0) is 38.0 Å². The molecular weight excluding hydrogens is 796 g/mol. The van der Waals surface area contributed by atoms with Gasteiger partial charge in [-0.15, -0.1) is 0 Å². The molecule has 0 unspecified atom stereocenters. The van der Waals surface area contributed by atoms with Crippen molar-refractivity contribution >= 4 is 5.97 Å². The maximum Gasteiger partial charge on any atom is 0.331 e. The molecule has 8 aliphatic rings. The summed E-state index contributed by atoms with van der Waals surface area (Å²) in [4.78, 5) is 12.0. The second-order valence-corrected chi connectivity index (χ2v) is 19.1. The predicted octanol–water partition coefficient (Wildman–Crippen LogP) is -2.78. The maximum atomic E-state index is 12.6. The van der Waals surface area contributed by atoms with Gasteiger partial charge < -0.3 is 89.3 Å². The van der Waals surface area contributed by atoms with Crippen LogP contribution in [0.1, 0.15) is 78.1 Å². The van der Waals surface area contributed by atoms with E-state index in [9.17, 15) is 61.0 Å². The lowest BCUT2D eigenvalue weighted by Crippen LogP contribution is -2.69. The van der Waals surface area contributed by atoms with Gasteiger partial charge >= 0.3 is 5.97 Å². The summed E-state index contributed by atoms with van der Waals surface area (Å²) in [6.45, 7) is 2.28. The fourth-order valence-corrected chi connectivity index (χ4v) is 13.0. The molecule has 3 saturated heterocycles. The highest BCUT2D eigenvalue weighted by molar-refractivity contribution is 5.85. The average Bonchev–Trinajstić information content (AvgIpc) is 3.77. The summed E-state index contributed by atoms with van der Waals surface area (Å²) in [7, 11) is 0. The zero-order valence-corrected chi connectivity index (χ0v) is 34.1. The van der Waals surface area contributed by atoms with Crippen LogP contribution in [0.15, 0.2) is 11.6 Å². The number of carbonyl (C=O) groups is 1. The largest absolute Gasteiger partial charge is 0.458 e. The minimum absolute atomic E-state index is 0.0209. The molecule has 0 aromatic heterocycles. The van der Waals surface area contributed by atoms with Gasteiger partial charge in [0.2, 0.25) is 0 Å². The molecule has 0 amide bonds. The van der Waals surface area contributed by atoms with E-state index in [-0.39, 0.29) is 49.8 Å². The standard InChI is InChI=1S/C41H64O19/c1-18-34(59-37-33(51)31(49)35(26(15-43)58-37)60-36-32(50)30(48)29(47)25(14-42)57-36)24(45)12-28(55-18)56-20-3-8-39(17-44)22-4-7-38(2)21(19-11-27(46)54-16-19)6-10-41(38,53)23(22)5-9-40(39,52)13-20/h11,18,20-26,28-37,42-45,47-53H,3-10,12-17H2,1-2H3/t18-,20+,21-,22+,23+,24+,25-,26-,28+,29-,30+,31-,32-,33-,34-,35-,36+,37+,38-,39+,40+,41+/m1/s1. The number of hydrogen-bond acceptors (Lipinski definition) is 19. The first kappa shape index (κ1) is 45.1. The Labute approximate surface area is 347 Å². The van der Waals surface area contributed by atoms with Crippen molar-refractivity contribution in [2.75, 3.05) is 26.4 Å². The topological polar surface area (TPSA) is 304 Å². The van der Waals surface area contributed by atoms with E-state index in [1.165, 1.54) is 0 Å². The van der Waals surface area contributed by atoms with Gasteiger partial charge in [0.1, 0.15) is 61.5 Å². The quantitative estimate of drug-likeness (QED) is 0.0782. The first-order chi connectivity index (χ1) is 28.4. The van der Waals surface area contributed by atoms with Crippen molar-refractivity contribution in [1.82, 2.24) is 0 Å². The molecule has 4 aliphatic carbocycles. The predicted molar refractivity (Wildman–Crippen MR) is 200 cm³/mol. The number of fused-ring (bicyclic) bond motifs is 5. The molecule has 0 radical (unpaired) electrons. The van der Waals surface area contributed by atoms with Crippen molar-refractivity contribution in [1.29, 1.82) is 0 Å². The SMILES string of the molecule is C[C@H]1O[C@@H](O[C@H]2CC[C@]3(CO)[C@H]4CC[C@]5(C)[C@@H](C6=CC(=O)OC6)CC[C@]5(O)[C@H]4CC[C@]3(O)C2)C[C@H](O)[C@@H]1O[C@@H]1O[C@H](CO)[C@@H](O[C@@H]2O[C@H](CO)[C@@H](O)[C@H](O)[C@H]2O)[C@H](O)[C@H]1O. The highest BCUT2D eigenvalue weighted by atomic mass is 16.8. The fourth-order valence-electron chi connectivity index (χ4n) is 13.0.